The van der Waals surface area contributed by atoms with Gasteiger partial charge in [0.15, 0.2) is 0 Å². The summed E-state index contributed by atoms with van der Waals surface area (Å²) < 4.78 is 107. The number of phenolic OH excluding ortho intramolecular Hbond substituents is 2. The molecule has 12 heteroatoms. The van der Waals surface area contributed by atoms with Crippen molar-refractivity contribution >= 4 is 43.6 Å². The third kappa shape index (κ3) is 11.6. The van der Waals surface area contributed by atoms with Gasteiger partial charge in [-0.25, -0.2) is 0 Å². The topological polar surface area (TPSA) is 68.8 Å². The zero-order chi connectivity index (χ0) is 62.0. The molecule has 10 rings (SSSR count). The van der Waals surface area contributed by atoms with E-state index in [-0.39, 0.29) is 50.8 Å². The molecule has 0 radical (unpaired) electrons. The summed E-state index contributed by atoms with van der Waals surface area (Å²) in [5.74, 6) is -0.350. The van der Waals surface area contributed by atoms with Crippen molar-refractivity contribution in [3.8, 4) is 56.6 Å². The Morgan fingerprint density at radius 2 is 0.682 bits per heavy atom. The molecule has 444 valence electrons. The van der Waals surface area contributed by atoms with Gasteiger partial charge in [0, 0.05) is 50.2 Å². The van der Waals surface area contributed by atoms with Crippen molar-refractivity contribution in [3.05, 3.63) is 178 Å². The minimum atomic E-state index is -4.99. The van der Waals surface area contributed by atoms with Crippen LogP contribution in [-0.4, -0.2) is 31.6 Å². The molecule has 0 amide bonds. The number of hydrogen-bond donors (Lipinski definition) is 2. The van der Waals surface area contributed by atoms with Crippen LogP contribution in [0.4, 0.5) is 26.3 Å². The van der Waals surface area contributed by atoms with Crippen molar-refractivity contribution in [2.24, 2.45) is 0 Å². The lowest BCUT2D eigenvalue weighted by Gasteiger charge is -2.24. The summed E-state index contributed by atoms with van der Waals surface area (Å²) in [6.07, 6.45) is -11.2. The van der Waals surface area contributed by atoms with Crippen molar-refractivity contribution in [2.45, 2.75) is 163 Å². The third-order valence-corrected chi connectivity index (χ3v) is 16.5. The van der Waals surface area contributed by atoms with E-state index >= 15 is 13.2 Å². The van der Waals surface area contributed by atoms with Crippen LogP contribution in [-0.2, 0) is 34.0 Å². The van der Waals surface area contributed by atoms with Gasteiger partial charge >= 0.3 is 12.4 Å². The summed E-state index contributed by atoms with van der Waals surface area (Å²) in [4.78, 5) is 0. The number of aryl methyl sites for hydroxylation is 2. The van der Waals surface area contributed by atoms with Gasteiger partial charge in [0.05, 0.1) is 56.8 Å². The number of rotatable bonds is 10. The Morgan fingerprint density at radius 3 is 1.06 bits per heavy atom. The molecular formula is C73H76F6N2O4. The first-order valence-corrected chi connectivity index (χ1v) is 29.0. The predicted octanol–water partition coefficient (Wildman–Crippen LogP) is 21.1. The predicted molar refractivity (Wildman–Crippen MR) is 335 cm³/mol. The SMILES string of the molecule is Cc1ccc(O[C@H](C)C[C@H](C)Oc2ccc(C(F)(F)F)cc2-c2cc(C(F)(F)F)cc(-n3c4ccc(C(C)(C)C)cc4c4cc(C(C)(C)C)ccc43)c2O)c(-c2cc(C)cc(-n3c4ccc(C(C)(C)C)cc4c4cc(C(C)(C)C)ccc43)c2O)c1. The van der Waals surface area contributed by atoms with Gasteiger partial charge in [-0.3, -0.25) is 0 Å². The summed E-state index contributed by atoms with van der Waals surface area (Å²) in [5.41, 5.74) is 6.51. The molecule has 0 fully saturated rings. The van der Waals surface area contributed by atoms with E-state index in [1.165, 1.54) is 11.1 Å². The average Bonchev–Trinajstić information content (AvgIpc) is 1.65. The van der Waals surface area contributed by atoms with E-state index in [9.17, 15) is 23.4 Å². The van der Waals surface area contributed by atoms with E-state index in [4.69, 9.17) is 9.47 Å². The molecular weight excluding hydrogens is 1080 g/mol. The highest BCUT2D eigenvalue weighted by Crippen LogP contribution is 2.50. The number of alkyl halides is 6. The highest BCUT2D eigenvalue weighted by molar-refractivity contribution is 6.11. The minimum absolute atomic E-state index is 0.0438. The van der Waals surface area contributed by atoms with Crippen molar-refractivity contribution in [2.75, 3.05) is 0 Å². The first kappa shape index (κ1) is 60.3. The summed E-state index contributed by atoms with van der Waals surface area (Å²) in [5, 5.41) is 28.8. The van der Waals surface area contributed by atoms with Gasteiger partial charge < -0.3 is 28.8 Å². The maximum Gasteiger partial charge on any atom is 0.416 e. The zero-order valence-corrected chi connectivity index (χ0v) is 51.4. The Hall–Kier alpha value is -7.86. The van der Waals surface area contributed by atoms with Crippen LogP contribution in [0, 0.1) is 13.8 Å². The van der Waals surface area contributed by atoms with Gasteiger partial charge in [0.25, 0.3) is 0 Å². The van der Waals surface area contributed by atoms with Crippen molar-refractivity contribution in [3.63, 3.8) is 0 Å². The lowest BCUT2D eigenvalue weighted by molar-refractivity contribution is -0.138. The van der Waals surface area contributed by atoms with E-state index in [1.807, 2.05) is 87.5 Å². The number of benzene rings is 8. The Bertz CT molecular complexity index is 4120. The molecule has 0 aliphatic rings. The molecule has 0 saturated carbocycles. The van der Waals surface area contributed by atoms with Crippen LogP contribution < -0.4 is 9.47 Å². The fourth-order valence-corrected chi connectivity index (χ4v) is 11.7. The fourth-order valence-electron chi connectivity index (χ4n) is 11.7. The van der Waals surface area contributed by atoms with E-state index < -0.39 is 47.0 Å². The van der Waals surface area contributed by atoms with Crippen molar-refractivity contribution in [1.82, 2.24) is 9.13 Å². The van der Waals surface area contributed by atoms with E-state index in [1.54, 1.807) is 11.5 Å². The zero-order valence-electron chi connectivity index (χ0n) is 51.4. The number of aromatic hydroxyl groups is 2. The van der Waals surface area contributed by atoms with Gasteiger partial charge in [-0.2, -0.15) is 26.3 Å². The van der Waals surface area contributed by atoms with E-state index in [2.05, 4.69) is 124 Å². The molecule has 0 bridgehead atoms. The van der Waals surface area contributed by atoms with E-state index in [0.29, 0.717) is 39.7 Å². The average molecular weight is 1160 g/mol. The Morgan fingerprint density at radius 1 is 0.365 bits per heavy atom. The first-order chi connectivity index (χ1) is 39.4. The lowest BCUT2D eigenvalue weighted by atomic mass is 9.85. The molecule has 0 aliphatic carbocycles. The van der Waals surface area contributed by atoms with Crippen molar-refractivity contribution in [1.29, 1.82) is 0 Å². The minimum Gasteiger partial charge on any atom is -0.505 e. The molecule has 2 N–H and O–H groups in total. The molecule has 2 heterocycles. The molecule has 85 heavy (non-hydrogen) atoms. The number of halogens is 6. The van der Waals surface area contributed by atoms with Crippen LogP contribution in [0.25, 0.3) is 77.2 Å². The number of hydrogen-bond acceptors (Lipinski definition) is 4. The number of nitrogens with zero attached hydrogens (tertiary/aromatic N) is 2. The molecule has 10 aromatic rings. The fraction of sp³-hybridized carbons (Fsp3) is 0.342. The Kier molecular flexibility index (Phi) is 14.9. The molecule has 6 nitrogen and oxygen atoms in total. The normalized spacial score (nSPS) is 13.8. The first-order valence-electron chi connectivity index (χ1n) is 29.0. The quantitative estimate of drug-likeness (QED) is 0.134. The largest absolute Gasteiger partial charge is 0.505 e. The number of phenols is 2. The van der Waals surface area contributed by atoms with Gasteiger partial charge in [-0.1, -0.05) is 119 Å². The van der Waals surface area contributed by atoms with Crippen molar-refractivity contribution < 1.29 is 46.0 Å². The molecule has 2 aromatic heterocycles. The standard InChI is InChI=1S/C73H76F6N2O4/c1-40-17-27-64(54(29-40)56-30-41(2)31-62(66(56)82)80-58-23-18-44(68(5,6)7)33-50(58)51-34-45(69(8,9)10)19-24-59(51)80)84-42(3)32-43(4)85-65-28-22-48(72(74,75)76)37-55(65)57-38-49(73(77,78)79)39-63(67(57)83)81-60-25-20-46(70(11,12)13)35-52(60)53-36-47(71(14,15)16)21-26-61(53)81/h17-31,33-39,42-43,82-83H,32H2,1-16H3/t42-,43+/m1/s1. The molecule has 0 unspecified atom stereocenters. The van der Waals surface area contributed by atoms with Gasteiger partial charge in [0.2, 0.25) is 0 Å². The third-order valence-electron chi connectivity index (χ3n) is 16.5. The molecule has 0 saturated heterocycles. The second kappa shape index (κ2) is 21.0. The van der Waals surface area contributed by atoms with Crippen LogP contribution >= 0.6 is 0 Å². The highest BCUT2D eigenvalue weighted by atomic mass is 19.4. The van der Waals surface area contributed by atoms with Gasteiger partial charge in [-0.05, 0) is 180 Å². The van der Waals surface area contributed by atoms with Crippen LogP contribution in [0.2, 0.25) is 0 Å². The Balaban J connectivity index is 1.03. The molecule has 8 aromatic carbocycles. The van der Waals surface area contributed by atoms with Crippen LogP contribution in [0.1, 0.15) is 148 Å². The smallest absolute Gasteiger partial charge is 0.416 e. The van der Waals surface area contributed by atoms with E-state index in [0.717, 1.165) is 79.1 Å². The Labute approximate surface area is 494 Å². The second-order valence-corrected chi connectivity index (χ2v) is 27.5. The maximum absolute atomic E-state index is 15.3. The number of fused-ring (bicyclic) bond motifs is 6. The highest BCUT2D eigenvalue weighted by Gasteiger charge is 2.37. The van der Waals surface area contributed by atoms with Crippen LogP contribution in [0.15, 0.2) is 133 Å². The second-order valence-electron chi connectivity index (χ2n) is 27.5. The van der Waals surface area contributed by atoms with Crippen LogP contribution in [0.5, 0.6) is 23.0 Å². The number of aromatic nitrogens is 2. The molecule has 2 atom stereocenters. The summed E-state index contributed by atoms with van der Waals surface area (Å²) in [6.45, 7) is 33.0. The monoisotopic (exact) mass is 1160 g/mol. The summed E-state index contributed by atoms with van der Waals surface area (Å²) >= 11 is 0. The molecule has 0 aliphatic heterocycles. The van der Waals surface area contributed by atoms with Gasteiger partial charge in [0.1, 0.15) is 23.0 Å². The molecule has 0 spiro atoms. The summed E-state index contributed by atoms with van der Waals surface area (Å²) in [7, 11) is 0. The maximum atomic E-state index is 15.3. The summed E-state index contributed by atoms with van der Waals surface area (Å²) in [6, 6.07) is 38.3. The number of ether oxygens (including phenoxy) is 2. The van der Waals surface area contributed by atoms with Crippen LogP contribution in [0.3, 0.4) is 0 Å². The lowest BCUT2D eigenvalue weighted by Crippen LogP contribution is -2.23. The van der Waals surface area contributed by atoms with Gasteiger partial charge in [-0.15, -0.1) is 0 Å².